The second-order valence-corrected chi connectivity index (χ2v) is 5.87. The molecular formula is C14H10BrN3S. The number of nitrogens with zero attached hydrogens (tertiary/aromatic N) is 2. The predicted molar refractivity (Wildman–Crippen MR) is 82.2 cm³/mol. The van der Waals surface area contributed by atoms with E-state index in [1.807, 2.05) is 36.4 Å². The van der Waals surface area contributed by atoms with E-state index in [9.17, 15) is 0 Å². The van der Waals surface area contributed by atoms with Gasteiger partial charge in [-0.15, -0.1) is 0 Å². The van der Waals surface area contributed by atoms with Crippen LogP contribution in [0, 0.1) is 0 Å². The number of aromatic nitrogens is 2. The van der Waals surface area contributed by atoms with Crippen LogP contribution in [0.2, 0.25) is 0 Å². The van der Waals surface area contributed by atoms with E-state index >= 15 is 0 Å². The molecule has 3 aromatic rings. The van der Waals surface area contributed by atoms with Gasteiger partial charge in [-0.1, -0.05) is 23.9 Å². The Morgan fingerprint density at radius 1 is 1.05 bits per heavy atom. The van der Waals surface area contributed by atoms with Crippen LogP contribution in [0.4, 0.5) is 5.69 Å². The van der Waals surface area contributed by atoms with E-state index in [1.54, 1.807) is 18.1 Å². The molecule has 19 heavy (non-hydrogen) atoms. The summed E-state index contributed by atoms with van der Waals surface area (Å²) in [4.78, 5) is 9.74. The Morgan fingerprint density at radius 3 is 2.74 bits per heavy atom. The molecule has 0 aliphatic carbocycles. The largest absolute Gasteiger partial charge is 0.399 e. The van der Waals surface area contributed by atoms with E-state index in [0.29, 0.717) is 5.69 Å². The van der Waals surface area contributed by atoms with Gasteiger partial charge in [-0.3, -0.25) is 0 Å². The topological polar surface area (TPSA) is 51.8 Å². The van der Waals surface area contributed by atoms with Crippen molar-refractivity contribution >= 4 is 44.3 Å². The number of rotatable bonds is 2. The van der Waals surface area contributed by atoms with Crippen molar-refractivity contribution in [3.8, 4) is 0 Å². The van der Waals surface area contributed by atoms with Crippen LogP contribution in [-0.4, -0.2) is 9.97 Å². The molecule has 0 saturated heterocycles. The first-order valence-electron chi connectivity index (χ1n) is 5.66. The number of hydrogen-bond acceptors (Lipinski definition) is 4. The highest BCUT2D eigenvalue weighted by atomic mass is 79.9. The maximum absolute atomic E-state index is 5.78. The van der Waals surface area contributed by atoms with Crippen molar-refractivity contribution in [2.45, 2.75) is 9.92 Å². The van der Waals surface area contributed by atoms with Crippen LogP contribution >= 0.6 is 27.7 Å². The van der Waals surface area contributed by atoms with E-state index in [0.717, 1.165) is 25.3 Å². The standard InChI is InChI=1S/C14H10BrN3S/c15-11-3-1-2-4-13(11)19-14-10-6-5-9(16)7-12(10)17-8-18-14/h1-8H,16H2. The number of nitrogen functional groups attached to an aromatic ring is 1. The van der Waals surface area contributed by atoms with Gasteiger partial charge in [0, 0.05) is 20.4 Å². The minimum atomic E-state index is 0.711. The molecule has 94 valence electrons. The molecule has 0 saturated carbocycles. The Morgan fingerprint density at radius 2 is 1.89 bits per heavy atom. The fourth-order valence-electron chi connectivity index (χ4n) is 1.76. The van der Waals surface area contributed by atoms with Crippen molar-refractivity contribution in [3.63, 3.8) is 0 Å². The highest BCUT2D eigenvalue weighted by molar-refractivity contribution is 9.10. The van der Waals surface area contributed by atoms with Crippen LogP contribution in [0.25, 0.3) is 10.9 Å². The van der Waals surface area contributed by atoms with Gasteiger partial charge in [0.25, 0.3) is 0 Å². The van der Waals surface area contributed by atoms with Crippen LogP contribution in [0.15, 0.2) is 63.2 Å². The third-order valence-electron chi connectivity index (χ3n) is 2.67. The first kappa shape index (κ1) is 12.4. The summed E-state index contributed by atoms with van der Waals surface area (Å²) in [5.41, 5.74) is 7.35. The molecule has 0 unspecified atom stereocenters. The normalized spacial score (nSPS) is 10.8. The van der Waals surface area contributed by atoms with E-state index in [2.05, 4.69) is 32.0 Å². The van der Waals surface area contributed by atoms with Gasteiger partial charge in [0.15, 0.2) is 0 Å². The lowest BCUT2D eigenvalue weighted by Gasteiger charge is -2.06. The summed E-state index contributed by atoms with van der Waals surface area (Å²) in [5.74, 6) is 0. The fourth-order valence-corrected chi connectivity index (χ4v) is 3.19. The van der Waals surface area contributed by atoms with Crippen LogP contribution in [0.1, 0.15) is 0 Å². The maximum Gasteiger partial charge on any atom is 0.117 e. The molecule has 0 spiro atoms. The molecule has 0 bridgehead atoms. The molecule has 0 fully saturated rings. The minimum absolute atomic E-state index is 0.711. The van der Waals surface area contributed by atoms with Crippen molar-refractivity contribution < 1.29 is 0 Å². The Bertz CT molecular complexity index is 746. The SMILES string of the molecule is Nc1ccc2c(Sc3ccccc3Br)ncnc2c1. The Hall–Kier alpha value is -1.59. The highest BCUT2D eigenvalue weighted by Gasteiger charge is 2.07. The van der Waals surface area contributed by atoms with Crippen LogP contribution < -0.4 is 5.73 Å². The number of fused-ring (bicyclic) bond motifs is 1. The van der Waals surface area contributed by atoms with Crippen molar-refractivity contribution in [2.75, 3.05) is 5.73 Å². The Balaban J connectivity index is 2.09. The third-order valence-corrected chi connectivity index (χ3v) is 4.72. The van der Waals surface area contributed by atoms with Crippen molar-refractivity contribution in [1.29, 1.82) is 0 Å². The average Bonchev–Trinajstić information content (AvgIpc) is 2.41. The lowest BCUT2D eigenvalue weighted by molar-refractivity contribution is 1.10. The van der Waals surface area contributed by atoms with E-state index in [-0.39, 0.29) is 0 Å². The van der Waals surface area contributed by atoms with Gasteiger partial charge < -0.3 is 5.73 Å². The van der Waals surface area contributed by atoms with Gasteiger partial charge in [0.05, 0.1) is 5.52 Å². The molecule has 0 radical (unpaired) electrons. The molecule has 0 aliphatic heterocycles. The predicted octanol–water partition coefficient (Wildman–Crippen LogP) is 4.13. The number of benzene rings is 2. The number of halogens is 1. The lowest BCUT2D eigenvalue weighted by Crippen LogP contribution is -1.90. The summed E-state index contributed by atoms with van der Waals surface area (Å²) >= 11 is 5.16. The Kier molecular flexibility index (Phi) is 3.40. The average molecular weight is 332 g/mol. The lowest BCUT2D eigenvalue weighted by atomic mass is 10.2. The monoisotopic (exact) mass is 331 g/mol. The van der Waals surface area contributed by atoms with Gasteiger partial charge >= 0.3 is 0 Å². The molecule has 3 nitrogen and oxygen atoms in total. The molecule has 2 N–H and O–H groups in total. The van der Waals surface area contributed by atoms with Crippen molar-refractivity contribution in [1.82, 2.24) is 9.97 Å². The fraction of sp³-hybridized carbons (Fsp3) is 0. The first-order valence-corrected chi connectivity index (χ1v) is 7.27. The highest BCUT2D eigenvalue weighted by Crippen LogP contribution is 2.35. The van der Waals surface area contributed by atoms with E-state index in [4.69, 9.17) is 5.73 Å². The van der Waals surface area contributed by atoms with E-state index in [1.165, 1.54) is 0 Å². The number of anilines is 1. The van der Waals surface area contributed by atoms with Gasteiger partial charge in [0.2, 0.25) is 0 Å². The zero-order valence-electron chi connectivity index (χ0n) is 9.88. The molecule has 1 heterocycles. The number of hydrogen-bond donors (Lipinski definition) is 1. The molecule has 1 aromatic heterocycles. The maximum atomic E-state index is 5.78. The summed E-state index contributed by atoms with van der Waals surface area (Å²) in [7, 11) is 0. The third kappa shape index (κ3) is 2.57. The van der Waals surface area contributed by atoms with Gasteiger partial charge in [-0.2, -0.15) is 0 Å². The number of nitrogens with two attached hydrogens (primary N) is 1. The van der Waals surface area contributed by atoms with Crippen LogP contribution in [0.5, 0.6) is 0 Å². The zero-order valence-corrected chi connectivity index (χ0v) is 12.3. The van der Waals surface area contributed by atoms with Crippen LogP contribution in [0.3, 0.4) is 0 Å². The van der Waals surface area contributed by atoms with E-state index < -0.39 is 0 Å². The molecule has 3 rings (SSSR count). The van der Waals surface area contributed by atoms with Gasteiger partial charge in [-0.05, 0) is 46.3 Å². The summed E-state index contributed by atoms with van der Waals surface area (Å²) in [6, 6.07) is 13.8. The summed E-state index contributed by atoms with van der Waals surface area (Å²) in [6.45, 7) is 0. The molecular weight excluding hydrogens is 322 g/mol. The Labute approximate surface area is 123 Å². The molecule has 0 aliphatic rings. The van der Waals surface area contributed by atoms with Crippen molar-refractivity contribution in [2.24, 2.45) is 0 Å². The van der Waals surface area contributed by atoms with Crippen LogP contribution in [-0.2, 0) is 0 Å². The molecule has 0 atom stereocenters. The molecule has 5 heteroatoms. The second-order valence-electron chi connectivity index (χ2n) is 3.99. The van der Waals surface area contributed by atoms with Gasteiger partial charge in [-0.25, -0.2) is 9.97 Å². The molecule has 2 aromatic carbocycles. The quantitative estimate of drug-likeness (QED) is 0.566. The summed E-state index contributed by atoms with van der Waals surface area (Å²) in [5, 5.41) is 1.94. The minimum Gasteiger partial charge on any atom is -0.399 e. The zero-order chi connectivity index (χ0) is 13.2. The first-order chi connectivity index (χ1) is 9.24. The summed E-state index contributed by atoms with van der Waals surface area (Å²) in [6.07, 6.45) is 1.57. The smallest absolute Gasteiger partial charge is 0.117 e. The molecule has 0 amide bonds. The van der Waals surface area contributed by atoms with Crippen molar-refractivity contribution in [3.05, 3.63) is 53.3 Å². The summed E-state index contributed by atoms with van der Waals surface area (Å²) < 4.78 is 1.06. The van der Waals surface area contributed by atoms with Gasteiger partial charge in [0.1, 0.15) is 11.4 Å². The second kappa shape index (κ2) is 5.19.